The fourth-order valence-electron chi connectivity index (χ4n) is 1.12. The van der Waals surface area contributed by atoms with Gasteiger partial charge in [0.1, 0.15) is 11.4 Å². The smallest absolute Gasteiger partial charge is 0.223 e. The quantitative estimate of drug-likeness (QED) is 0.830. The Balaban J connectivity index is 2.25. The van der Waals surface area contributed by atoms with E-state index in [-0.39, 0.29) is 5.03 Å². The van der Waals surface area contributed by atoms with E-state index in [0.717, 1.165) is 18.0 Å². The van der Waals surface area contributed by atoms with Crippen molar-refractivity contribution in [3.8, 4) is 0 Å². The lowest BCUT2D eigenvalue weighted by Crippen LogP contribution is -2.04. The first-order valence-electron chi connectivity index (χ1n) is 4.99. The molecular weight excluding hydrogens is 243 g/mol. The molecule has 2 rings (SSSR count). The second-order valence-corrected chi connectivity index (χ2v) is 4.16. The summed E-state index contributed by atoms with van der Waals surface area (Å²) in [6.45, 7) is 2.60. The third kappa shape index (κ3) is 2.70. The summed E-state index contributed by atoms with van der Waals surface area (Å²) < 4.78 is 15.2. The molecule has 0 aliphatic heterocycles. The highest BCUT2D eigenvalue weighted by molar-refractivity contribution is 7.99. The predicted molar refractivity (Wildman–Crippen MR) is 61.3 cm³/mol. The summed E-state index contributed by atoms with van der Waals surface area (Å²) in [6, 6.07) is 0. The number of nitrogens with one attached hydrogen (secondary N) is 1. The van der Waals surface area contributed by atoms with Crippen molar-refractivity contribution in [1.29, 1.82) is 0 Å². The maximum atomic E-state index is 13.5. The molecule has 0 saturated heterocycles. The fourth-order valence-corrected chi connectivity index (χ4v) is 1.85. The molecule has 2 aromatic heterocycles. The monoisotopic (exact) mass is 254 g/mol. The topological polar surface area (TPSA) is 68.5 Å². The fraction of sp³-hybridized carbons (Fsp3) is 0.333. The van der Waals surface area contributed by atoms with Crippen LogP contribution >= 0.6 is 11.8 Å². The Morgan fingerprint density at radius 1 is 1.53 bits per heavy atom. The molecule has 1 N–H and O–H groups in total. The summed E-state index contributed by atoms with van der Waals surface area (Å²) in [7, 11) is 1.78. The molecule has 8 heteroatoms. The average Bonchev–Trinajstić information content (AvgIpc) is 2.70. The highest BCUT2D eigenvalue weighted by Gasteiger charge is 2.11. The molecule has 90 valence electrons. The normalized spacial score (nSPS) is 10.5. The molecule has 0 fully saturated rings. The van der Waals surface area contributed by atoms with Crippen LogP contribution in [0.25, 0.3) is 0 Å². The van der Waals surface area contributed by atoms with Crippen LogP contribution in [0, 0.1) is 5.82 Å². The van der Waals surface area contributed by atoms with E-state index in [1.165, 1.54) is 0 Å². The second-order valence-electron chi connectivity index (χ2n) is 3.20. The van der Waals surface area contributed by atoms with Crippen molar-refractivity contribution in [2.75, 3.05) is 11.9 Å². The summed E-state index contributed by atoms with van der Waals surface area (Å²) in [5, 5.41) is 11.3. The van der Waals surface area contributed by atoms with E-state index in [0.29, 0.717) is 17.6 Å². The number of anilines is 1. The van der Waals surface area contributed by atoms with Gasteiger partial charge < -0.3 is 9.88 Å². The largest absolute Gasteiger partial charge is 0.354 e. The second kappa shape index (κ2) is 5.09. The van der Waals surface area contributed by atoms with Crippen molar-refractivity contribution >= 4 is 17.7 Å². The zero-order chi connectivity index (χ0) is 12.3. The van der Waals surface area contributed by atoms with Crippen LogP contribution in [0.15, 0.2) is 22.7 Å². The van der Waals surface area contributed by atoms with E-state index in [1.807, 2.05) is 6.92 Å². The van der Waals surface area contributed by atoms with Gasteiger partial charge in [-0.25, -0.2) is 14.4 Å². The van der Waals surface area contributed by atoms with Crippen molar-refractivity contribution < 1.29 is 4.39 Å². The van der Waals surface area contributed by atoms with Gasteiger partial charge in [-0.3, -0.25) is 0 Å². The van der Waals surface area contributed by atoms with E-state index < -0.39 is 5.82 Å². The van der Waals surface area contributed by atoms with Gasteiger partial charge in [0, 0.05) is 13.6 Å². The molecule has 2 heterocycles. The number of aromatic nitrogens is 5. The van der Waals surface area contributed by atoms with Gasteiger partial charge in [0.25, 0.3) is 0 Å². The number of nitrogens with zero attached hydrogens (tertiary/aromatic N) is 5. The summed E-state index contributed by atoms with van der Waals surface area (Å²) in [6.07, 6.45) is 2.69. The SMILES string of the molecule is CCNc1ncc(F)c(Sc2nncn2C)n1. The van der Waals surface area contributed by atoms with Gasteiger partial charge in [-0.2, -0.15) is 0 Å². The van der Waals surface area contributed by atoms with Crippen LogP contribution in [0.4, 0.5) is 10.3 Å². The van der Waals surface area contributed by atoms with Crippen molar-refractivity contribution in [2.24, 2.45) is 7.05 Å². The van der Waals surface area contributed by atoms with E-state index in [4.69, 9.17) is 0 Å². The molecule has 2 aromatic rings. The lowest BCUT2D eigenvalue weighted by molar-refractivity contribution is 0.579. The van der Waals surface area contributed by atoms with E-state index in [1.54, 1.807) is 17.9 Å². The number of aryl methyl sites for hydroxylation is 1. The number of halogens is 1. The van der Waals surface area contributed by atoms with Crippen LogP contribution in [0.2, 0.25) is 0 Å². The third-order valence-electron chi connectivity index (χ3n) is 1.90. The number of rotatable bonds is 4. The maximum absolute atomic E-state index is 13.5. The van der Waals surface area contributed by atoms with Gasteiger partial charge in [0.05, 0.1) is 6.20 Å². The van der Waals surface area contributed by atoms with E-state index in [2.05, 4.69) is 25.5 Å². The van der Waals surface area contributed by atoms with Crippen molar-refractivity contribution in [2.45, 2.75) is 17.1 Å². The molecule has 6 nitrogen and oxygen atoms in total. The van der Waals surface area contributed by atoms with Crippen molar-refractivity contribution in [1.82, 2.24) is 24.7 Å². The molecule has 0 unspecified atom stereocenters. The third-order valence-corrected chi connectivity index (χ3v) is 2.94. The van der Waals surface area contributed by atoms with Gasteiger partial charge in [0.2, 0.25) is 5.95 Å². The lowest BCUT2D eigenvalue weighted by atomic mass is 10.6. The maximum Gasteiger partial charge on any atom is 0.223 e. The zero-order valence-electron chi connectivity index (χ0n) is 9.38. The van der Waals surface area contributed by atoms with Gasteiger partial charge in [0.15, 0.2) is 11.0 Å². The average molecular weight is 254 g/mol. The predicted octanol–water partition coefficient (Wildman–Crippen LogP) is 1.33. The molecule has 0 amide bonds. The van der Waals surface area contributed by atoms with E-state index in [9.17, 15) is 4.39 Å². The van der Waals surface area contributed by atoms with Gasteiger partial charge in [-0.15, -0.1) is 10.2 Å². The van der Waals surface area contributed by atoms with Crippen LogP contribution in [0.5, 0.6) is 0 Å². The van der Waals surface area contributed by atoms with Gasteiger partial charge in [-0.1, -0.05) is 0 Å². The number of hydrogen-bond donors (Lipinski definition) is 1. The summed E-state index contributed by atoms with van der Waals surface area (Å²) in [5.74, 6) is -0.0711. The van der Waals surface area contributed by atoms with Crippen LogP contribution in [-0.2, 0) is 7.05 Å². The highest BCUT2D eigenvalue weighted by Crippen LogP contribution is 2.26. The Bertz CT molecular complexity index is 514. The minimum absolute atomic E-state index is 0.229. The zero-order valence-corrected chi connectivity index (χ0v) is 10.2. The minimum atomic E-state index is -0.473. The van der Waals surface area contributed by atoms with Crippen LogP contribution < -0.4 is 5.32 Å². The van der Waals surface area contributed by atoms with Crippen molar-refractivity contribution in [3.05, 3.63) is 18.3 Å². The van der Waals surface area contributed by atoms with Crippen LogP contribution in [0.3, 0.4) is 0 Å². The Morgan fingerprint density at radius 2 is 2.35 bits per heavy atom. The first kappa shape index (κ1) is 11.8. The Labute approximate surface area is 102 Å². The molecular formula is C9H11FN6S. The molecule has 0 bridgehead atoms. The molecule has 17 heavy (non-hydrogen) atoms. The first-order chi connectivity index (χ1) is 8.20. The Hall–Kier alpha value is -1.70. The minimum Gasteiger partial charge on any atom is -0.354 e. The molecule has 0 radical (unpaired) electrons. The standard InChI is InChI=1S/C9H11FN6S/c1-3-11-8-12-4-6(10)7(14-8)17-9-15-13-5-16(9)2/h4-5H,3H2,1-2H3,(H,11,12,14). The first-order valence-corrected chi connectivity index (χ1v) is 5.80. The molecule has 0 aliphatic rings. The molecule has 0 atom stereocenters. The van der Waals surface area contributed by atoms with Crippen molar-refractivity contribution in [3.63, 3.8) is 0 Å². The Morgan fingerprint density at radius 3 is 3.00 bits per heavy atom. The summed E-state index contributed by atoms with van der Waals surface area (Å²) in [5.41, 5.74) is 0. The van der Waals surface area contributed by atoms with Gasteiger partial charge in [-0.05, 0) is 18.7 Å². The number of hydrogen-bond acceptors (Lipinski definition) is 6. The van der Waals surface area contributed by atoms with E-state index >= 15 is 0 Å². The Kier molecular flexibility index (Phi) is 3.52. The van der Waals surface area contributed by atoms with Gasteiger partial charge >= 0.3 is 0 Å². The molecule has 0 spiro atoms. The molecule has 0 aliphatic carbocycles. The van der Waals surface area contributed by atoms with Crippen LogP contribution in [0.1, 0.15) is 6.92 Å². The molecule has 0 aromatic carbocycles. The summed E-state index contributed by atoms with van der Waals surface area (Å²) >= 11 is 1.11. The van der Waals surface area contributed by atoms with Crippen LogP contribution in [-0.4, -0.2) is 31.3 Å². The summed E-state index contributed by atoms with van der Waals surface area (Å²) in [4.78, 5) is 7.89. The molecule has 0 saturated carbocycles. The lowest BCUT2D eigenvalue weighted by Gasteiger charge is -2.04. The highest BCUT2D eigenvalue weighted by atomic mass is 32.2.